The lowest BCUT2D eigenvalue weighted by molar-refractivity contribution is -0.143. The van der Waals surface area contributed by atoms with E-state index in [9.17, 15) is 9.59 Å². The molecule has 0 aliphatic rings. The maximum absolute atomic E-state index is 11.2. The van der Waals surface area contributed by atoms with Gasteiger partial charge in [0.25, 0.3) is 0 Å². The van der Waals surface area contributed by atoms with Gasteiger partial charge in [0.1, 0.15) is 0 Å². The summed E-state index contributed by atoms with van der Waals surface area (Å²) in [4.78, 5) is 22.4. The fourth-order valence-electron chi connectivity index (χ4n) is 3.08. The summed E-state index contributed by atoms with van der Waals surface area (Å²) in [6.07, 6.45) is 8.01. The van der Waals surface area contributed by atoms with Crippen molar-refractivity contribution in [2.24, 2.45) is 0 Å². The van der Waals surface area contributed by atoms with Crippen molar-refractivity contribution in [2.45, 2.75) is 51.9 Å². The predicted molar refractivity (Wildman–Crippen MR) is 105 cm³/mol. The number of benzene rings is 2. The molecule has 0 spiro atoms. The molecule has 0 bridgehead atoms. The minimum Gasteiger partial charge on any atom is -0.466 e. The molecule has 0 saturated carbocycles. The summed E-state index contributed by atoms with van der Waals surface area (Å²) in [5.74, 6) is -0.0799. The molecule has 0 amide bonds. The van der Waals surface area contributed by atoms with E-state index in [2.05, 4.69) is 24.3 Å². The first kappa shape index (κ1) is 19.9. The molecule has 0 aromatic heterocycles. The topological polar surface area (TPSA) is 43.4 Å². The Morgan fingerprint density at radius 3 is 2.35 bits per heavy atom. The van der Waals surface area contributed by atoms with Crippen LogP contribution in [0.5, 0.6) is 0 Å². The second-order valence-electron chi connectivity index (χ2n) is 6.47. The lowest BCUT2D eigenvalue weighted by Gasteiger charge is -2.07. The number of aldehydes is 1. The molecule has 0 atom stereocenters. The summed E-state index contributed by atoms with van der Waals surface area (Å²) < 4.78 is 4.93. The van der Waals surface area contributed by atoms with Gasteiger partial charge < -0.3 is 4.74 Å². The molecule has 0 fully saturated rings. The van der Waals surface area contributed by atoms with E-state index >= 15 is 0 Å². The molecule has 0 saturated heterocycles. The van der Waals surface area contributed by atoms with Crippen molar-refractivity contribution in [1.82, 2.24) is 0 Å². The molecule has 3 heteroatoms. The molecular formula is C23H28O3. The highest BCUT2D eigenvalue weighted by molar-refractivity contribution is 5.87. The van der Waals surface area contributed by atoms with Gasteiger partial charge in [0.05, 0.1) is 6.61 Å². The van der Waals surface area contributed by atoms with Crippen LogP contribution >= 0.6 is 0 Å². The van der Waals surface area contributed by atoms with E-state index in [4.69, 9.17) is 4.74 Å². The van der Waals surface area contributed by atoms with Crippen molar-refractivity contribution >= 4 is 12.3 Å². The molecule has 0 heterocycles. The van der Waals surface area contributed by atoms with Gasteiger partial charge in [0, 0.05) is 12.0 Å². The van der Waals surface area contributed by atoms with Gasteiger partial charge >= 0.3 is 5.97 Å². The molecule has 0 unspecified atom stereocenters. The molecule has 2 aromatic rings. The first-order valence-electron chi connectivity index (χ1n) is 9.53. The third-order valence-corrected chi connectivity index (χ3v) is 4.50. The SMILES string of the molecule is CCOC(=O)CCCCCCCc1ccc(-c2ccccc2C=O)cc1. The number of hydrogen-bond acceptors (Lipinski definition) is 3. The largest absolute Gasteiger partial charge is 0.466 e. The second-order valence-corrected chi connectivity index (χ2v) is 6.47. The Morgan fingerprint density at radius 2 is 1.62 bits per heavy atom. The van der Waals surface area contributed by atoms with Crippen LogP contribution in [0.15, 0.2) is 48.5 Å². The predicted octanol–water partition coefficient (Wildman–Crippen LogP) is 5.61. The van der Waals surface area contributed by atoms with Gasteiger partial charge in [-0.05, 0) is 42.9 Å². The Hall–Kier alpha value is -2.42. The molecule has 0 aliphatic carbocycles. The molecule has 0 N–H and O–H groups in total. The molecule has 0 aliphatic heterocycles. The van der Waals surface area contributed by atoms with Crippen molar-refractivity contribution in [3.05, 3.63) is 59.7 Å². The number of hydrogen-bond donors (Lipinski definition) is 0. The highest BCUT2D eigenvalue weighted by atomic mass is 16.5. The van der Waals surface area contributed by atoms with E-state index in [0.29, 0.717) is 13.0 Å². The Balaban J connectivity index is 1.70. The van der Waals surface area contributed by atoms with Gasteiger partial charge in [-0.2, -0.15) is 0 Å². The third-order valence-electron chi connectivity index (χ3n) is 4.50. The van der Waals surface area contributed by atoms with Crippen molar-refractivity contribution in [2.75, 3.05) is 6.61 Å². The van der Waals surface area contributed by atoms with E-state index < -0.39 is 0 Å². The van der Waals surface area contributed by atoms with Crippen molar-refractivity contribution < 1.29 is 14.3 Å². The maximum atomic E-state index is 11.2. The van der Waals surface area contributed by atoms with Gasteiger partial charge in [-0.25, -0.2) is 0 Å². The fourth-order valence-corrected chi connectivity index (χ4v) is 3.08. The quantitative estimate of drug-likeness (QED) is 0.300. The van der Waals surface area contributed by atoms with Crippen LogP contribution < -0.4 is 0 Å². The highest BCUT2D eigenvalue weighted by Crippen LogP contribution is 2.23. The van der Waals surface area contributed by atoms with Crippen LogP contribution in [-0.4, -0.2) is 18.9 Å². The number of carbonyl (C=O) groups excluding carboxylic acids is 2. The van der Waals surface area contributed by atoms with Gasteiger partial charge in [-0.15, -0.1) is 0 Å². The van der Waals surface area contributed by atoms with Crippen LogP contribution in [0.1, 0.15) is 61.4 Å². The Morgan fingerprint density at radius 1 is 0.923 bits per heavy atom. The summed E-state index contributed by atoms with van der Waals surface area (Å²) in [6, 6.07) is 16.2. The zero-order valence-corrected chi connectivity index (χ0v) is 15.6. The smallest absolute Gasteiger partial charge is 0.305 e. The average Bonchev–Trinajstić information content (AvgIpc) is 2.68. The summed E-state index contributed by atoms with van der Waals surface area (Å²) in [5, 5.41) is 0. The van der Waals surface area contributed by atoms with Crippen LogP contribution in [0.25, 0.3) is 11.1 Å². The molecule has 2 rings (SSSR count). The number of ether oxygens (including phenoxy) is 1. The van der Waals surface area contributed by atoms with Crippen LogP contribution in [0.4, 0.5) is 0 Å². The zero-order valence-electron chi connectivity index (χ0n) is 15.6. The zero-order chi connectivity index (χ0) is 18.6. The van der Waals surface area contributed by atoms with Crippen molar-refractivity contribution in [3.63, 3.8) is 0 Å². The summed E-state index contributed by atoms with van der Waals surface area (Å²) in [6.45, 7) is 2.31. The minimum atomic E-state index is -0.0799. The van der Waals surface area contributed by atoms with Crippen molar-refractivity contribution in [3.8, 4) is 11.1 Å². The monoisotopic (exact) mass is 352 g/mol. The standard InChI is InChI=1S/C23H28O3/c1-2-26-23(25)13-7-5-3-4-6-10-19-14-16-20(17-15-19)22-12-9-8-11-21(22)18-24/h8-9,11-12,14-18H,2-7,10,13H2,1H3. The van der Waals surface area contributed by atoms with E-state index in [1.165, 1.54) is 12.0 Å². The molecule has 3 nitrogen and oxygen atoms in total. The van der Waals surface area contributed by atoms with Gasteiger partial charge in [0.2, 0.25) is 0 Å². The molecule has 2 aromatic carbocycles. The molecule has 0 radical (unpaired) electrons. The van der Waals surface area contributed by atoms with Gasteiger partial charge in [-0.1, -0.05) is 67.8 Å². The van der Waals surface area contributed by atoms with Crippen LogP contribution in [0.3, 0.4) is 0 Å². The fraction of sp³-hybridized carbons (Fsp3) is 0.391. The van der Waals surface area contributed by atoms with Gasteiger partial charge in [0.15, 0.2) is 6.29 Å². The summed E-state index contributed by atoms with van der Waals surface area (Å²) in [7, 11) is 0. The number of esters is 1. The Labute approximate surface area is 156 Å². The molecule has 138 valence electrons. The average molecular weight is 352 g/mol. The van der Waals surface area contributed by atoms with E-state index in [0.717, 1.165) is 55.1 Å². The van der Waals surface area contributed by atoms with Gasteiger partial charge in [-0.3, -0.25) is 9.59 Å². The lowest BCUT2D eigenvalue weighted by atomic mass is 9.98. The molecule has 26 heavy (non-hydrogen) atoms. The molecular weight excluding hydrogens is 324 g/mol. The van der Waals surface area contributed by atoms with Crippen LogP contribution in [0, 0.1) is 0 Å². The summed E-state index contributed by atoms with van der Waals surface area (Å²) >= 11 is 0. The highest BCUT2D eigenvalue weighted by Gasteiger charge is 2.04. The van der Waals surface area contributed by atoms with Crippen molar-refractivity contribution in [1.29, 1.82) is 0 Å². The maximum Gasteiger partial charge on any atom is 0.305 e. The Kier molecular flexibility index (Phi) is 8.61. The third kappa shape index (κ3) is 6.47. The number of rotatable bonds is 11. The second kappa shape index (κ2) is 11.2. The number of aryl methyl sites for hydroxylation is 1. The van der Waals surface area contributed by atoms with E-state index in [-0.39, 0.29) is 5.97 Å². The van der Waals surface area contributed by atoms with Crippen LogP contribution in [0.2, 0.25) is 0 Å². The first-order valence-corrected chi connectivity index (χ1v) is 9.53. The number of carbonyl (C=O) groups is 2. The Bertz CT molecular complexity index is 689. The summed E-state index contributed by atoms with van der Waals surface area (Å²) in [5.41, 5.74) is 4.11. The van der Waals surface area contributed by atoms with E-state index in [1.54, 1.807) is 0 Å². The normalized spacial score (nSPS) is 10.5. The lowest BCUT2D eigenvalue weighted by Crippen LogP contribution is -2.03. The first-order chi connectivity index (χ1) is 12.7. The number of unbranched alkanes of at least 4 members (excludes halogenated alkanes) is 4. The van der Waals surface area contributed by atoms with Crippen LogP contribution in [-0.2, 0) is 16.0 Å². The van der Waals surface area contributed by atoms with E-state index in [1.807, 2.05) is 31.2 Å². The minimum absolute atomic E-state index is 0.0799.